The van der Waals surface area contributed by atoms with Gasteiger partial charge < -0.3 is 5.11 Å². The van der Waals surface area contributed by atoms with Gasteiger partial charge in [-0.25, -0.2) is 0 Å². The van der Waals surface area contributed by atoms with E-state index < -0.39 is 0 Å². The first kappa shape index (κ1) is 29.7. The van der Waals surface area contributed by atoms with Crippen molar-refractivity contribution in [3.8, 4) is 11.4 Å². The number of nitrogens with zero attached hydrogens (tertiary/aromatic N) is 3. The summed E-state index contributed by atoms with van der Waals surface area (Å²) in [7, 11) is 0. The molecule has 2 aliphatic rings. The van der Waals surface area contributed by atoms with E-state index in [0.29, 0.717) is 5.69 Å². The SMILES string of the molecule is CC1(CC(c2ccccc2)c2cc(C(CC3(C)C=CC=CC3)c3ccccc3)c(O)c(-n3nc4ccccc4n3)c2)C=CC=CC1. The highest BCUT2D eigenvalue weighted by Crippen LogP contribution is 2.48. The van der Waals surface area contributed by atoms with Crippen molar-refractivity contribution in [3.63, 3.8) is 0 Å². The molecule has 230 valence electrons. The fourth-order valence-corrected chi connectivity index (χ4v) is 7.24. The van der Waals surface area contributed by atoms with E-state index in [-0.39, 0.29) is 28.4 Å². The van der Waals surface area contributed by atoms with Crippen molar-refractivity contribution in [1.29, 1.82) is 0 Å². The number of rotatable bonds is 9. The van der Waals surface area contributed by atoms with Gasteiger partial charge >= 0.3 is 0 Å². The largest absolute Gasteiger partial charge is 0.505 e. The lowest BCUT2D eigenvalue weighted by molar-refractivity contribution is 0.363. The molecule has 5 aromatic rings. The predicted octanol–water partition coefficient (Wildman–Crippen LogP) is 10.2. The second-order valence-corrected chi connectivity index (χ2v) is 13.6. The van der Waals surface area contributed by atoms with Gasteiger partial charge in [-0.3, -0.25) is 0 Å². The molecule has 1 aromatic heterocycles. The fourth-order valence-electron chi connectivity index (χ4n) is 7.24. The van der Waals surface area contributed by atoms with Crippen molar-refractivity contribution in [2.45, 2.75) is 51.4 Å². The first-order valence-corrected chi connectivity index (χ1v) is 16.4. The molecule has 4 aromatic carbocycles. The van der Waals surface area contributed by atoms with E-state index in [1.165, 1.54) is 11.1 Å². The molecule has 0 saturated carbocycles. The van der Waals surface area contributed by atoms with Crippen LogP contribution in [0, 0.1) is 10.8 Å². The lowest BCUT2D eigenvalue weighted by Gasteiger charge is -2.34. The summed E-state index contributed by atoms with van der Waals surface area (Å²) >= 11 is 0. The maximum Gasteiger partial charge on any atom is 0.146 e. The first-order valence-electron chi connectivity index (χ1n) is 16.4. The minimum Gasteiger partial charge on any atom is -0.505 e. The number of aromatic hydroxyl groups is 1. The molecule has 4 heteroatoms. The average molecular weight is 604 g/mol. The smallest absolute Gasteiger partial charge is 0.146 e. The zero-order valence-electron chi connectivity index (χ0n) is 26.6. The van der Waals surface area contributed by atoms with E-state index in [0.717, 1.165) is 47.8 Å². The lowest BCUT2D eigenvalue weighted by atomic mass is 9.70. The second-order valence-electron chi connectivity index (χ2n) is 13.6. The minimum atomic E-state index is -0.0535. The number of phenolic OH excluding ortho intramolecular Hbond substituents is 1. The van der Waals surface area contributed by atoms with E-state index in [1.807, 2.05) is 24.3 Å². The summed E-state index contributed by atoms with van der Waals surface area (Å²) in [6.07, 6.45) is 21.5. The standard InChI is InChI=1S/C42H41N3O/c1-41(23-13-5-14-24-41)29-35(31-17-7-3-8-18-31)33-27-34(40(46)39(28-33)45-43-37-21-11-12-22-38(37)44-45)36(32-19-9-4-10-20-32)30-42(2)25-15-6-16-26-42/h3-23,25,27-28,35-36,46H,24,26,29-30H2,1-2H3. The Morgan fingerprint density at radius 1 is 0.630 bits per heavy atom. The maximum absolute atomic E-state index is 12.3. The van der Waals surface area contributed by atoms with Crippen LogP contribution in [0.3, 0.4) is 0 Å². The summed E-state index contributed by atoms with van der Waals surface area (Å²) < 4.78 is 0. The Labute approximate surface area is 272 Å². The zero-order valence-corrected chi connectivity index (χ0v) is 26.6. The first-order chi connectivity index (χ1) is 22.4. The Balaban J connectivity index is 1.45. The van der Waals surface area contributed by atoms with E-state index >= 15 is 0 Å². The van der Waals surface area contributed by atoms with Crippen LogP contribution in [-0.2, 0) is 0 Å². The summed E-state index contributed by atoms with van der Waals surface area (Å²) in [6.45, 7) is 4.67. The third-order valence-corrected chi connectivity index (χ3v) is 9.83. The number of fused-ring (bicyclic) bond motifs is 1. The van der Waals surface area contributed by atoms with E-state index in [4.69, 9.17) is 10.2 Å². The van der Waals surface area contributed by atoms with Gasteiger partial charge in [-0.05, 0) is 71.4 Å². The predicted molar refractivity (Wildman–Crippen MR) is 188 cm³/mol. The average Bonchev–Trinajstić information content (AvgIpc) is 3.52. The number of hydrogen-bond acceptors (Lipinski definition) is 3. The van der Waals surface area contributed by atoms with Gasteiger partial charge in [0.05, 0.1) is 0 Å². The molecule has 0 amide bonds. The molecule has 0 aliphatic heterocycles. The summed E-state index contributed by atoms with van der Waals surface area (Å²) in [6, 6.07) is 33.7. The number of benzene rings is 4. The normalized spacial score (nSPS) is 21.9. The summed E-state index contributed by atoms with van der Waals surface area (Å²) in [5.41, 5.74) is 6.67. The van der Waals surface area contributed by atoms with Crippen LogP contribution in [0.25, 0.3) is 16.7 Å². The molecule has 0 fully saturated rings. The molecule has 4 nitrogen and oxygen atoms in total. The van der Waals surface area contributed by atoms with Gasteiger partial charge in [-0.2, -0.15) is 0 Å². The topological polar surface area (TPSA) is 50.9 Å². The van der Waals surface area contributed by atoms with Crippen molar-refractivity contribution in [3.05, 3.63) is 168 Å². The van der Waals surface area contributed by atoms with Crippen LogP contribution in [0.2, 0.25) is 0 Å². The molecule has 2 aliphatic carbocycles. The van der Waals surface area contributed by atoms with Gasteiger partial charge in [-0.15, -0.1) is 15.0 Å². The Morgan fingerprint density at radius 3 is 1.65 bits per heavy atom. The van der Waals surface area contributed by atoms with Crippen molar-refractivity contribution in [2.75, 3.05) is 0 Å². The number of hydrogen-bond donors (Lipinski definition) is 1. The van der Waals surface area contributed by atoms with E-state index in [2.05, 4.69) is 135 Å². The molecule has 0 bridgehead atoms. The molecule has 0 radical (unpaired) electrons. The Kier molecular flexibility index (Phi) is 8.04. The van der Waals surface area contributed by atoms with Gasteiger partial charge in [0, 0.05) is 17.4 Å². The van der Waals surface area contributed by atoms with Crippen LogP contribution in [0.1, 0.15) is 73.6 Å². The van der Waals surface area contributed by atoms with Gasteiger partial charge in [0.25, 0.3) is 0 Å². The summed E-state index contributed by atoms with van der Waals surface area (Å²) in [4.78, 5) is 1.63. The lowest BCUT2D eigenvalue weighted by Crippen LogP contribution is -2.21. The van der Waals surface area contributed by atoms with Crippen molar-refractivity contribution in [1.82, 2.24) is 15.0 Å². The van der Waals surface area contributed by atoms with Gasteiger partial charge in [0.15, 0.2) is 0 Å². The molecular formula is C42H41N3O. The Morgan fingerprint density at radius 2 is 1.13 bits per heavy atom. The minimum absolute atomic E-state index is 0.00234. The van der Waals surface area contributed by atoms with Crippen LogP contribution in [0.5, 0.6) is 5.75 Å². The highest BCUT2D eigenvalue weighted by Gasteiger charge is 2.33. The molecule has 46 heavy (non-hydrogen) atoms. The number of aromatic nitrogens is 3. The Bertz CT molecular complexity index is 1920. The van der Waals surface area contributed by atoms with Crippen molar-refractivity contribution in [2.24, 2.45) is 10.8 Å². The molecule has 1 heterocycles. The van der Waals surface area contributed by atoms with E-state index in [1.54, 1.807) is 4.80 Å². The van der Waals surface area contributed by atoms with Gasteiger partial charge in [0.2, 0.25) is 0 Å². The molecule has 0 saturated heterocycles. The second kappa shape index (κ2) is 12.4. The highest BCUT2D eigenvalue weighted by molar-refractivity contribution is 5.74. The molecular weight excluding hydrogens is 562 g/mol. The van der Waals surface area contributed by atoms with Crippen LogP contribution in [0.15, 0.2) is 146 Å². The third kappa shape index (κ3) is 6.12. The van der Waals surface area contributed by atoms with Crippen LogP contribution >= 0.6 is 0 Å². The number of allylic oxidation sites excluding steroid dienone is 8. The molecule has 1 N–H and O–H groups in total. The van der Waals surface area contributed by atoms with Crippen molar-refractivity contribution < 1.29 is 5.11 Å². The molecule has 4 unspecified atom stereocenters. The number of phenols is 1. The molecule has 4 atom stereocenters. The van der Waals surface area contributed by atoms with Gasteiger partial charge in [0.1, 0.15) is 22.5 Å². The van der Waals surface area contributed by atoms with Crippen LogP contribution in [-0.4, -0.2) is 20.1 Å². The van der Waals surface area contributed by atoms with Gasteiger partial charge in [-0.1, -0.05) is 141 Å². The van der Waals surface area contributed by atoms with Crippen molar-refractivity contribution >= 4 is 11.0 Å². The molecule has 0 spiro atoms. The highest BCUT2D eigenvalue weighted by atomic mass is 16.3. The summed E-state index contributed by atoms with van der Waals surface area (Å²) in [5, 5.41) is 22.0. The molecule has 7 rings (SSSR count). The third-order valence-electron chi connectivity index (χ3n) is 9.83. The van der Waals surface area contributed by atoms with E-state index in [9.17, 15) is 5.11 Å². The van der Waals surface area contributed by atoms with Crippen LogP contribution in [0.4, 0.5) is 0 Å². The fraction of sp³-hybridized carbons (Fsp3) is 0.238. The maximum atomic E-state index is 12.3. The monoisotopic (exact) mass is 603 g/mol. The quantitative estimate of drug-likeness (QED) is 0.182. The Hall–Kier alpha value is -4.96. The summed E-state index contributed by atoms with van der Waals surface area (Å²) in [5.74, 6) is 0.279. The zero-order chi connectivity index (χ0) is 31.6. The van der Waals surface area contributed by atoms with Crippen LogP contribution < -0.4 is 0 Å².